The average molecular weight is 596 g/mol. The number of phenolic OH excluding ortho intramolecular Hbond substituents is 1. The maximum Gasteiger partial charge on any atom is 0.276 e. The lowest BCUT2D eigenvalue weighted by Gasteiger charge is -2.64. The molecule has 44 heavy (non-hydrogen) atoms. The Bertz CT molecular complexity index is 1670. The first kappa shape index (κ1) is 28.6. The highest BCUT2D eigenvalue weighted by molar-refractivity contribution is 5.92. The number of benzene rings is 3. The largest absolute Gasteiger partial charge is 0.504 e. The molecule has 9 heteroatoms. The van der Waals surface area contributed by atoms with Crippen molar-refractivity contribution in [1.82, 2.24) is 9.80 Å². The molecule has 228 valence electrons. The van der Waals surface area contributed by atoms with Crippen LogP contribution in [0, 0.1) is 17.0 Å². The summed E-state index contributed by atoms with van der Waals surface area (Å²) in [6, 6.07) is 18.5. The van der Waals surface area contributed by atoms with Gasteiger partial charge in [-0.1, -0.05) is 60.2 Å². The summed E-state index contributed by atoms with van der Waals surface area (Å²) in [7, 11) is 1.75. The molecule has 2 aliphatic carbocycles. The molecule has 1 saturated heterocycles. The summed E-state index contributed by atoms with van der Waals surface area (Å²) in [5.41, 5.74) is 1.92. The van der Waals surface area contributed by atoms with Crippen molar-refractivity contribution >= 4 is 17.7 Å². The summed E-state index contributed by atoms with van der Waals surface area (Å²) in [4.78, 5) is 29.3. The number of nitro benzene ring substituents is 1. The third-order valence-electron chi connectivity index (χ3n) is 10.7. The zero-order valence-electron chi connectivity index (χ0n) is 25.0. The highest BCUT2D eigenvalue weighted by atomic mass is 16.6. The summed E-state index contributed by atoms with van der Waals surface area (Å²) < 4.78 is 6.57. The second-order valence-electron chi connectivity index (χ2n) is 12.8. The van der Waals surface area contributed by atoms with Gasteiger partial charge in [0, 0.05) is 36.8 Å². The van der Waals surface area contributed by atoms with Gasteiger partial charge in [-0.15, -0.1) is 0 Å². The van der Waals surface area contributed by atoms with Crippen LogP contribution in [-0.4, -0.2) is 74.8 Å². The maximum atomic E-state index is 13.5. The van der Waals surface area contributed by atoms with Crippen LogP contribution in [-0.2, 0) is 23.1 Å². The van der Waals surface area contributed by atoms with Crippen LogP contribution in [0.25, 0.3) is 6.08 Å². The van der Waals surface area contributed by atoms with Crippen LogP contribution in [0.2, 0.25) is 0 Å². The first-order valence-electron chi connectivity index (χ1n) is 15.4. The number of nitro groups is 1. The molecule has 0 radical (unpaired) electrons. The molecule has 9 nitrogen and oxygen atoms in total. The van der Waals surface area contributed by atoms with Crippen molar-refractivity contribution in [2.75, 3.05) is 20.1 Å². The molecule has 2 N–H and O–H groups in total. The summed E-state index contributed by atoms with van der Waals surface area (Å²) in [6.07, 6.45) is 5.18. The molecule has 1 spiro atoms. The molecule has 3 aromatic carbocycles. The second-order valence-corrected chi connectivity index (χ2v) is 12.8. The minimum atomic E-state index is -1.25. The monoisotopic (exact) mass is 595 g/mol. The maximum absolute atomic E-state index is 13.5. The minimum absolute atomic E-state index is 0.144. The molecule has 1 amide bonds. The van der Waals surface area contributed by atoms with Crippen molar-refractivity contribution in [2.24, 2.45) is 0 Å². The van der Waals surface area contributed by atoms with E-state index in [4.69, 9.17) is 4.74 Å². The van der Waals surface area contributed by atoms with Gasteiger partial charge in [0.05, 0.1) is 28.0 Å². The Balaban J connectivity index is 1.27. The quantitative estimate of drug-likeness (QED) is 0.234. The van der Waals surface area contributed by atoms with Gasteiger partial charge in [-0.2, -0.15) is 0 Å². The molecule has 2 aliphatic heterocycles. The van der Waals surface area contributed by atoms with Crippen LogP contribution in [0.15, 0.2) is 66.7 Å². The molecule has 2 fully saturated rings. The van der Waals surface area contributed by atoms with E-state index in [1.807, 2.05) is 49.4 Å². The van der Waals surface area contributed by atoms with Crippen LogP contribution < -0.4 is 4.74 Å². The number of aliphatic hydroxyl groups is 1. The van der Waals surface area contributed by atoms with Crippen LogP contribution in [0.3, 0.4) is 0 Å². The number of amides is 1. The van der Waals surface area contributed by atoms with Crippen molar-refractivity contribution < 1.29 is 24.7 Å². The third-order valence-corrected chi connectivity index (χ3v) is 10.7. The van der Waals surface area contributed by atoms with E-state index in [2.05, 4.69) is 17.0 Å². The highest BCUT2D eigenvalue weighted by Gasteiger charge is 2.74. The number of carbonyl (C=O) groups excluding carboxylic acids is 1. The molecule has 3 aromatic rings. The fourth-order valence-corrected chi connectivity index (χ4v) is 8.64. The Morgan fingerprint density at radius 1 is 1.18 bits per heavy atom. The molecule has 2 unspecified atom stereocenters. The number of hydrogen-bond acceptors (Lipinski definition) is 7. The number of rotatable bonds is 7. The van der Waals surface area contributed by atoms with E-state index >= 15 is 0 Å². The Kier molecular flexibility index (Phi) is 6.78. The van der Waals surface area contributed by atoms with E-state index in [1.165, 1.54) is 11.6 Å². The highest BCUT2D eigenvalue weighted by Crippen LogP contribution is 2.67. The number of hydrogen-bond donors (Lipinski definition) is 2. The van der Waals surface area contributed by atoms with Gasteiger partial charge >= 0.3 is 0 Å². The van der Waals surface area contributed by atoms with Gasteiger partial charge in [-0.3, -0.25) is 19.8 Å². The smallest absolute Gasteiger partial charge is 0.276 e. The molecule has 1 saturated carbocycles. The molecule has 0 aromatic heterocycles. The number of nitrogens with zero attached hydrogens (tertiary/aromatic N) is 3. The number of aromatic hydroxyl groups is 1. The molecule has 2 heterocycles. The first-order chi connectivity index (χ1) is 21.1. The summed E-state index contributed by atoms with van der Waals surface area (Å²) >= 11 is 0. The van der Waals surface area contributed by atoms with E-state index in [-0.39, 0.29) is 29.1 Å². The van der Waals surface area contributed by atoms with Crippen LogP contribution >= 0.6 is 0 Å². The Labute approximate surface area is 256 Å². The van der Waals surface area contributed by atoms with Crippen molar-refractivity contribution in [3.63, 3.8) is 0 Å². The van der Waals surface area contributed by atoms with Gasteiger partial charge < -0.3 is 19.8 Å². The number of aryl methyl sites for hydroxylation is 1. The first-order valence-corrected chi connectivity index (χ1v) is 15.4. The second kappa shape index (κ2) is 10.5. The Morgan fingerprint density at radius 3 is 2.73 bits per heavy atom. The van der Waals surface area contributed by atoms with Gasteiger partial charge in [0.25, 0.3) is 5.69 Å². The van der Waals surface area contributed by atoms with Gasteiger partial charge in [-0.05, 0) is 62.8 Å². The topological polar surface area (TPSA) is 116 Å². The number of phenols is 1. The van der Waals surface area contributed by atoms with E-state index in [9.17, 15) is 25.1 Å². The van der Waals surface area contributed by atoms with Gasteiger partial charge in [-0.25, -0.2) is 0 Å². The van der Waals surface area contributed by atoms with E-state index in [1.54, 1.807) is 24.1 Å². The summed E-state index contributed by atoms with van der Waals surface area (Å²) in [5.74, 6) is -0.271. The van der Waals surface area contributed by atoms with E-state index in [0.29, 0.717) is 49.9 Å². The molecular formula is C35H37N3O6. The number of likely N-dealkylation sites (N-methyl/N-ethyl adjacent to an activating group) is 1. The van der Waals surface area contributed by atoms with Gasteiger partial charge in [0.1, 0.15) is 6.10 Å². The summed E-state index contributed by atoms with van der Waals surface area (Å²) in [5, 5.41) is 36.2. The number of ether oxygens (including phenoxy) is 1. The molecule has 4 aliphatic rings. The van der Waals surface area contributed by atoms with E-state index < -0.39 is 28.1 Å². The standard InChI is InChI=1S/C35H37N3O6/c1-22-7-6-10-24(19-22)11-12-30(40)36(2)26-13-15-35(41)29-20-25-27(38(42)43)21-28(39)32-31(25)34(35,33(26)44-32)16-18-37(29)17-14-23-8-4-3-5-9-23/h3-12,19,21,26,29,33,39,41H,13-18,20H2,1-2H3/b12-11+/t26?,29-,33?,34+,35-/m1/s1. The predicted molar refractivity (Wildman–Crippen MR) is 166 cm³/mol. The lowest BCUT2D eigenvalue weighted by molar-refractivity contribution is -0.386. The zero-order chi connectivity index (χ0) is 30.8. The predicted octanol–water partition coefficient (Wildman–Crippen LogP) is 4.55. The van der Waals surface area contributed by atoms with Gasteiger partial charge in [0.2, 0.25) is 5.91 Å². The fraction of sp³-hybridized carbons (Fsp3) is 0.400. The SMILES string of the molecule is Cc1cccc(/C=C/C(=O)N(C)C2CC[C@@]3(O)[C@H]4Cc5c([N+](=O)[O-])cc(O)c6c5[C@@]3(CCN4CCc3ccccc3)C2O6)c1. The lowest BCUT2D eigenvalue weighted by atomic mass is 9.48. The number of carbonyl (C=O) groups is 1. The number of piperidine rings is 1. The fourth-order valence-electron chi connectivity index (χ4n) is 8.64. The average Bonchev–Trinajstić information content (AvgIpc) is 3.36. The number of likely N-dealkylation sites (tertiary alicyclic amines) is 1. The normalized spacial score (nSPS) is 28.4. The van der Waals surface area contributed by atoms with Crippen molar-refractivity contribution in [3.05, 3.63) is 105 Å². The third kappa shape index (κ3) is 4.17. The zero-order valence-corrected chi connectivity index (χ0v) is 25.0. The van der Waals surface area contributed by atoms with Gasteiger partial charge in [0.15, 0.2) is 11.5 Å². The van der Waals surface area contributed by atoms with Crippen LogP contribution in [0.1, 0.15) is 47.1 Å². The summed E-state index contributed by atoms with van der Waals surface area (Å²) in [6.45, 7) is 3.37. The minimum Gasteiger partial charge on any atom is -0.504 e. The Hall–Kier alpha value is -4.21. The van der Waals surface area contributed by atoms with Crippen LogP contribution in [0.4, 0.5) is 5.69 Å². The lowest BCUT2D eigenvalue weighted by Crippen LogP contribution is -2.78. The molecule has 5 atom stereocenters. The molecule has 2 bridgehead atoms. The molecular weight excluding hydrogens is 558 g/mol. The van der Waals surface area contributed by atoms with Crippen LogP contribution in [0.5, 0.6) is 11.5 Å². The van der Waals surface area contributed by atoms with E-state index in [0.717, 1.165) is 17.5 Å². The van der Waals surface area contributed by atoms with Crippen molar-refractivity contribution in [2.45, 2.75) is 68.2 Å². The Morgan fingerprint density at radius 2 is 1.98 bits per heavy atom. The van der Waals surface area contributed by atoms with Crippen molar-refractivity contribution in [3.8, 4) is 11.5 Å². The van der Waals surface area contributed by atoms with Crippen molar-refractivity contribution in [1.29, 1.82) is 0 Å². The molecule has 7 rings (SSSR count).